The van der Waals surface area contributed by atoms with Gasteiger partial charge in [-0.25, -0.2) is 4.39 Å². The van der Waals surface area contributed by atoms with Crippen LogP contribution in [0.3, 0.4) is 0 Å². The van der Waals surface area contributed by atoms with E-state index in [1.165, 1.54) is 18.2 Å². The van der Waals surface area contributed by atoms with Gasteiger partial charge in [0.05, 0.1) is 6.04 Å². The van der Waals surface area contributed by atoms with Crippen LogP contribution < -0.4 is 10.1 Å². The number of hydrogen-bond donors (Lipinski definition) is 1. The van der Waals surface area contributed by atoms with Gasteiger partial charge in [-0.1, -0.05) is 30.3 Å². The molecule has 0 bridgehead atoms. The summed E-state index contributed by atoms with van der Waals surface area (Å²) in [4.78, 5) is 16.1. The number of pyridine rings is 1. The predicted molar refractivity (Wildman–Crippen MR) is 103 cm³/mol. The highest BCUT2D eigenvalue weighted by molar-refractivity contribution is 5.92. The second-order valence-corrected chi connectivity index (χ2v) is 5.94. The van der Waals surface area contributed by atoms with Gasteiger partial charge in [0.15, 0.2) is 0 Å². The zero-order valence-corrected chi connectivity index (χ0v) is 14.8. The standard InChI is InChI=1S/C22H19FN2O2/c1-16(25-22(26)10-9-17-5-2-3-8-21(17)23)18-6-4-7-20(15-18)27-19-11-13-24-14-12-19/h2-16H,1H3,(H,25,26)/b10-9+. The molecule has 2 aromatic carbocycles. The van der Waals surface area contributed by atoms with Crippen LogP contribution in [-0.2, 0) is 4.79 Å². The number of aromatic nitrogens is 1. The first-order chi connectivity index (χ1) is 13.1. The molecule has 0 aliphatic rings. The molecule has 1 unspecified atom stereocenters. The Balaban J connectivity index is 1.63. The van der Waals surface area contributed by atoms with Crippen molar-refractivity contribution in [2.75, 3.05) is 0 Å². The van der Waals surface area contributed by atoms with E-state index in [0.29, 0.717) is 17.1 Å². The summed E-state index contributed by atoms with van der Waals surface area (Å²) in [6.45, 7) is 1.88. The fourth-order valence-electron chi connectivity index (χ4n) is 2.51. The van der Waals surface area contributed by atoms with Gasteiger partial charge >= 0.3 is 0 Å². The predicted octanol–water partition coefficient (Wildman–Crippen LogP) is 4.90. The highest BCUT2D eigenvalue weighted by Gasteiger charge is 2.09. The molecule has 1 N–H and O–H groups in total. The third-order valence-corrected chi connectivity index (χ3v) is 3.92. The van der Waals surface area contributed by atoms with Crippen molar-refractivity contribution in [1.82, 2.24) is 10.3 Å². The van der Waals surface area contributed by atoms with Crippen molar-refractivity contribution in [3.05, 3.63) is 96.1 Å². The van der Waals surface area contributed by atoms with E-state index < -0.39 is 0 Å². The maximum Gasteiger partial charge on any atom is 0.244 e. The molecule has 0 saturated heterocycles. The number of nitrogens with one attached hydrogen (secondary N) is 1. The summed E-state index contributed by atoms with van der Waals surface area (Å²) in [6, 6.07) is 17.1. The largest absolute Gasteiger partial charge is 0.457 e. The van der Waals surface area contributed by atoms with Crippen molar-refractivity contribution in [3.63, 3.8) is 0 Å². The van der Waals surface area contributed by atoms with E-state index >= 15 is 0 Å². The molecular weight excluding hydrogens is 343 g/mol. The molecule has 136 valence electrons. The van der Waals surface area contributed by atoms with E-state index in [1.807, 2.05) is 31.2 Å². The van der Waals surface area contributed by atoms with Crippen molar-refractivity contribution >= 4 is 12.0 Å². The number of rotatable bonds is 6. The lowest BCUT2D eigenvalue weighted by molar-refractivity contribution is -0.117. The Morgan fingerprint density at radius 1 is 1.07 bits per heavy atom. The SMILES string of the molecule is CC(NC(=O)/C=C/c1ccccc1F)c1cccc(Oc2ccncc2)c1. The number of halogens is 1. The zero-order valence-electron chi connectivity index (χ0n) is 14.8. The Morgan fingerprint density at radius 3 is 2.63 bits per heavy atom. The molecule has 1 aromatic heterocycles. The summed E-state index contributed by atoms with van der Waals surface area (Å²) < 4.78 is 19.4. The molecule has 0 saturated carbocycles. The van der Waals surface area contributed by atoms with E-state index in [0.717, 1.165) is 5.56 Å². The number of amides is 1. The van der Waals surface area contributed by atoms with Gasteiger partial charge in [0.2, 0.25) is 5.91 Å². The molecule has 5 heteroatoms. The lowest BCUT2D eigenvalue weighted by Gasteiger charge is -2.14. The molecule has 0 radical (unpaired) electrons. The molecule has 1 heterocycles. The van der Waals surface area contributed by atoms with Crippen molar-refractivity contribution in [2.24, 2.45) is 0 Å². The Bertz CT molecular complexity index is 942. The third-order valence-electron chi connectivity index (χ3n) is 3.92. The number of benzene rings is 2. The highest BCUT2D eigenvalue weighted by Crippen LogP contribution is 2.24. The minimum atomic E-state index is -0.365. The van der Waals surface area contributed by atoms with Crippen LogP contribution in [0.5, 0.6) is 11.5 Å². The number of ether oxygens (including phenoxy) is 1. The summed E-state index contributed by atoms with van der Waals surface area (Å²) in [6.07, 6.45) is 6.10. The van der Waals surface area contributed by atoms with Crippen molar-refractivity contribution in [3.8, 4) is 11.5 Å². The second kappa shape index (κ2) is 8.76. The zero-order chi connectivity index (χ0) is 19.1. The van der Waals surface area contributed by atoms with Crippen LogP contribution in [0, 0.1) is 5.82 Å². The van der Waals surface area contributed by atoms with Crippen LogP contribution in [0.15, 0.2) is 79.1 Å². The average Bonchev–Trinajstić information content (AvgIpc) is 2.68. The van der Waals surface area contributed by atoms with Gasteiger partial charge < -0.3 is 10.1 Å². The minimum absolute atomic E-state index is 0.233. The molecule has 0 aliphatic carbocycles. The van der Waals surface area contributed by atoms with Gasteiger partial charge in [-0.3, -0.25) is 9.78 Å². The van der Waals surface area contributed by atoms with E-state index in [2.05, 4.69) is 10.3 Å². The van der Waals surface area contributed by atoms with Gasteiger partial charge in [-0.05, 0) is 48.9 Å². The minimum Gasteiger partial charge on any atom is -0.457 e. The number of nitrogens with zero attached hydrogens (tertiary/aromatic N) is 1. The first-order valence-electron chi connectivity index (χ1n) is 8.53. The number of carbonyl (C=O) groups excluding carboxylic acids is 1. The fourth-order valence-corrected chi connectivity index (χ4v) is 2.51. The molecular formula is C22H19FN2O2. The molecule has 0 spiro atoms. The quantitative estimate of drug-likeness (QED) is 0.634. The van der Waals surface area contributed by atoms with Crippen LogP contribution in [-0.4, -0.2) is 10.9 Å². The molecule has 1 atom stereocenters. The molecule has 3 rings (SSSR count). The molecule has 0 aliphatic heterocycles. The lowest BCUT2D eigenvalue weighted by Crippen LogP contribution is -2.24. The average molecular weight is 362 g/mol. The first-order valence-corrected chi connectivity index (χ1v) is 8.53. The molecule has 1 amide bonds. The van der Waals surface area contributed by atoms with E-state index in [-0.39, 0.29) is 17.8 Å². The fraction of sp³-hybridized carbons (Fsp3) is 0.0909. The van der Waals surface area contributed by atoms with Gasteiger partial charge in [0, 0.05) is 24.0 Å². The third kappa shape index (κ3) is 5.25. The normalized spacial score (nSPS) is 11.9. The van der Waals surface area contributed by atoms with Crippen LogP contribution >= 0.6 is 0 Å². The molecule has 4 nitrogen and oxygen atoms in total. The van der Waals surface area contributed by atoms with E-state index in [1.54, 1.807) is 42.7 Å². The van der Waals surface area contributed by atoms with Crippen LogP contribution in [0.2, 0.25) is 0 Å². The topological polar surface area (TPSA) is 51.2 Å². The summed E-state index contributed by atoms with van der Waals surface area (Å²) in [5.74, 6) is 0.690. The Hall–Kier alpha value is -3.47. The van der Waals surface area contributed by atoms with Gasteiger partial charge in [-0.2, -0.15) is 0 Å². The first kappa shape index (κ1) is 18.3. The van der Waals surface area contributed by atoms with Gasteiger partial charge in [-0.15, -0.1) is 0 Å². The lowest BCUT2D eigenvalue weighted by atomic mass is 10.1. The number of carbonyl (C=O) groups is 1. The van der Waals surface area contributed by atoms with Crippen molar-refractivity contribution < 1.29 is 13.9 Å². The maximum absolute atomic E-state index is 13.6. The van der Waals surface area contributed by atoms with Crippen molar-refractivity contribution in [2.45, 2.75) is 13.0 Å². The van der Waals surface area contributed by atoms with Gasteiger partial charge in [0.1, 0.15) is 17.3 Å². The summed E-state index contributed by atoms with van der Waals surface area (Å²) in [5, 5.41) is 2.86. The smallest absolute Gasteiger partial charge is 0.244 e. The Labute approximate surface area is 157 Å². The molecule has 27 heavy (non-hydrogen) atoms. The number of hydrogen-bond acceptors (Lipinski definition) is 3. The molecule has 3 aromatic rings. The Kier molecular flexibility index (Phi) is 5.94. The van der Waals surface area contributed by atoms with E-state index in [9.17, 15) is 9.18 Å². The molecule has 0 fully saturated rings. The van der Waals surface area contributed by atoms with Crippen LogP contribution in [0.4, 0.5) is 4.39 Å². The summed E-state index contributed by atoms with van der Waals surface area (Å²) in [7, 11) is 0. The van der Waals surface area contributed by atoms with Crippen LogP contribution in [0.1, 0.15) is 24.1 Å². The van der Waals surface area contributed by atoms with Crippen LogP contribution in [0.25, 0.3) is 6.08 Å². The maximum atomic E-state index is 13.6. The second-order valence-electron chi connectivity index (χ2n) is 5.94. The summed E-state index contributed by atoms with van der Waals surface area (Å²) >= 11 is 0. The monoisotopic (exact) mass is 362 g/mol. The summed E-state index contributed by atoms with van der Waals surface area (Å²) in [5.41, 5.74) is 1.27. The Morgan fingerprint density at radius 2 is 1.85 bits per heavy atom. The van der Waals surface area contributed by atoms with E-state index in [4.69, 9.17) is 4.74 Å². The van der Waals surface area contributed by atoms with Gasteiger partial charge in [0.25, 0.3) is 0 Å². The van der Waals surface area contributed by atoms with Crippen molar-refractivity contribution in [1.29, 1.82) is 0 Å². The highest BCUT2D eigenvalue weighted by atomic mass is 19.1.